The van der Waals surface area contributed by atoms with Gasteiger partial charge in [-0.2, -0.15) is 4.31 Å². The summed E-state index contributed by atoms with van der Waals surface area (Å²) >= 11 is 0. The normalized spacial score (nSPS) is 16.3. The number of benzene rings is 2. The molecule has 0 atom stereocenters. The molecule has 0 spiro atoms. The average Bonchev–Trinajstić information content (AvgIpc) is 2.68. The molecule has 0 aliphatic carbocycles. The van der Waals surface area contributed by atoms with E-state index in [0.717, 1.165) is 17.7 Å². The van der Waals surface area contributed by atoms with Crippen molar-refractivity contribution in [3.8, 4) is 11.5 Å². The van der Waals surface area contributed by atoms with Crippen molar-refractivity contribution in [1.29, 1.82) is 0 Å². The molecule has 0 bridgehead atoms. The van der Waals surface area contributed by atoms with Crippen molar-refractivity contribution in [1.82, 2.24) is 4.31 Å². The molecule has 1 saturated heterocycles. The van der Waals surface area contributed by atoms with Crippen LogP contribution in [-0.2, 0) is 16.4 Å². The summed E-state index contributed by atoms with van der Waals surface area (Å²) in [5.74, 6) is 1.24. The molecule has 5 nitrogen and oxygen atoms in total. The van der Waals surface area contributed by atoms with Crippen molar-refractivity contribution in [2.24, 2.45) is 0 Å². The largest absolute Gasteiger partial charge is 0.495 e. The number of hydrogen-bond acceptors (Lipinski definition) is 4. The summed E-state index contributed by atoms with van der Waals surface area (Å²) in [6.45, 7) is 4.88. The molecule has 1 fully saturated rings. The van der Waals surface area contributed by atoms with Gasteiger partial charge < -0.3 is 9.47 Å². The Morgan fingerprint density at radius 3 is 2.52 bits per heavy atom. The molecule has 0 saturated carbocycles. The zero-order valence-corrected chi connectivity index (χ0v) is 17.0. The SMILES string of the molecule is CCc1cccc(OC2CCN(S(=O)(=O)c3cc(C)ccc3OC)CC2)c1. The molecule has 6 heteroatoms. The van der Waals surface area contributed by atoms with E-state index in [0.29, 0.717) is 31.7 Å². The predicted molar refractivity (Wildman–Crippen MR) is 106 cm³/mol. The van der Waals surface area contributed by atoms with Crippen molar-refractivity contribution in [3.63, 3.8) is 0 Å². The van der Waals surface area contributed by atoms with Gasteiger partial charge in [0.05, 0.1) is 7.11 Å². The van der Waals surface area contributed by atoms with Gasteiger partial charge in [0.15, 0.2) is 0 Å². The van der Waals surface area contributed by atoms with Gasteiger partial charge >= 0.3 is 0 Å². The third-order valence-corrected chi connectivity index (χ3v) is 6.87. The quantitative estimate of drug-likeness (QED) is 0.754. The van der Waals surface area contributed by atoms with E-state index in [1.165, 1.54) is 17.0 Å². The van der Waals surface area contributed by atoms with Gasteiger partial charge in [0, 0.05) is 13.1 Å². The van der Waals surface area contributed by atoms with E-state index in [9.17, 15) is 8.42 Å². The Labute approximate surface area is 162 Å². The fraction of sp³-hybridized carbons (Fsp3) is 0.429. The number of methoxy groups -OCH3 is 1. The van der Waals surface area contributed by atoms with Crippen LogP contribution in [0.25, 0.3) is 0 Å². The van der Waals surface area contributed by atoms with Gasteiger partial charge in [-0.25, -0.2) is 8.42 Å². The number of aryl methyl sites for hydroxylation is 2. The van der Waals surface area contributed by atoms with E-state index < -0.39 is 10.0 Å². The van der Waals surface area contributed by atoms with E-state index in [2.05, 4.69) is 19.1 Å². The summed E-state index contributed by atoms with van der Waals surface area (Å²) in [5.41, 5.74) is 2.13. The smallest absolute Gasteiger partial charge is 0.246 e. The second kappa shape index (κ2) is 8.31. The lowest BCUT2D eigenvalue weighted by Gasteiger charge is -2.31. The van der Waals surface area contributed by atoms with Crippen molar-refractivity contribution in [2.75, 3.05) is 20.2 Å². The maximum absolute atomic E-state index is 13.1. The number of hydrogen-bond donors (Lipinski definition) is 0. The van der Waals surface area contributed by atoms with Crippen molar-refractivity contribution >= 4 is 10.0 Å². The molecular weight excluding hydrogens is 362 g/mol. The maximum atomic E-state index is 13.1. The topological polar surface area (TPSA) is 55.8 Å². The highest BCUT2D eigenvalue weighted by Crippen LogP contribution is 2.30. The van der Waals surface area contributed by atoms with Crippen LogP contribution >= 0.6 is 0 Å². The van der Waals surface area contributed by atoms with Crippen LogP contribution in [0.4, 0.5) is 0 Å². The van der Waals surface area contributed by atoms with E-state index in [1.807, 2.05) is 25.1 Å². The van der Waals surface area contributed by atoms with Gasteiger partial charge in [0.25, 0.3) is 0 Å². The fourth-order valence-corrected chi connectivity index (χ4v) is 5.06. The number of rotatable bonds is 6. The molecule has 0 amide bonds. The van der Waals surface area contributed by atoms with E-state index in [4.69, 9.17) is 9.47 Å². The molecule has 1 aliphatic heterocycles. The van der Waals surface area contributed by atoms with Crippen LogP contribution in [0.2, 0.25) is 0 Å². The predicted octanol–water partition coefficient (Wildman–Crippen LogP) is 3.80. The highest BCUT2D eigenvalue weighted by molar-refractivity contribution is 7.89. The van der Waals surface area contributed by atoms with Crippen LogP contribution in [-0.4, -0.2) is 39.0 Å². The first kappa shape index (κ1) is 19.7. The van der Waals surface area contributed by atoms with E-state index in [-0.39, 0.29) is 11.0 Å². The van der Waals surface area contributed by atoms with E-state index in [1.54, 1.807) is 12.1 Å². The molecule has 146 valence electrons. The highest BCUT2D eigenvalue weighted by atomic mass is 32.2. The third kappa shape index (κ3) is 4.45. The van der Waals surface area contributed by atoms with Gasteiger partial charge in [0.1, 0.15) is 22.5 Å². The Morgan fingerprint density at radius 1 is 1.11 bits per heavy atom. The Balaban J connectivity index is 1.68. The monoisotopic (exact) mass is 389 g/mol. The van der Waals surface area contributed by atoms with Crippen LogP contribution in [0.5, 0.6) is 11.5 Å². The minimum absolute atomic E-state index is 0.0305. The highest BCUT2D eigenvalue weighted by Gasteiger charge is 2.32. The molecule has 0 aromatic heterocycles. The molecule has 0 radical (unpaired) electrons. The standard InChI is InChI=1S/C21H27NO4S/c1-4-17-6-5-7-19(15-17)26-18-10-12-22(13-11-18)27(23,24)21-14-16(2)8-9-20(21)25-3/h5-9,14-15,18H,4,10-13H2,1-3H3. The summed E-state index contributed by atoms with van der Waals surface area (Å²) in [5, 5.41) is 0. The number of sulfonamides is 1. The molecule has 3 rings (SSSR count). The Kier molecular flexibility index (Phi) is 6.07. The molecule has 0 unspecified atom stereocenters. The summed E-state index contributed by atoms with van der Waals surface area (Å²) in [7, 11) is -2.09. The first-order valence-electron chi connectivity index (χ1n) is 9.34. The molecule has 2 aromatic rings. The van der Waals surface area contributed by atoms with Crippen molar-refractivity contribution in [2.45, 2.75) is 44.1 Å². The van der Waals surface area contributed by atoms with Crippen LogP contribution < -0.4 is 9.47 Å². The van der Waals surface area contributed by atoms with Gasteiger partial charge in [0.2, 0.25) is 10.0 Å². The third-order valence-electron chi connectivity index (χ3n) is 4.95. The minimum Gasteiger partial charge on any atom is -0.495 e. The van der Waals surface area contributed by atoms with Gasteiger partial charge in [-0.1, -0.05) is 25.1 Å². The minimum atomic E-state index is -3.58. The molecule has 2 aromatic carbocycles. The molecule has 0 N–H and O–H groups in total. The lowest BCUT2D eigenvalue weighted by atomic mass is 10.1. The summed E-state index contributed by atoms with van der Waals surface area (Å²) in [4.78, 5) is 0.236. The number of nitrogens with zero attached hydrogens (tertiary/aromatic N) is 1. The average molecular weight is 390 g/mol. The van der Waals surface area contributed by atoms with Crippen LogP contribution in [0.15, 0.2) is 47.4 Å². The van der Waals surface area contributed by atoms with E-state index >= 15 is 0 Å². The van der Waals surface area contributed by atoms with Crippen LogP contribution in [0, 0.1) is 6.92 Å². The molecule has 1 aliphatic rings. The number of ether oxygens (including phenoxy) is 2. The summed E-state index contributed by atoms with van der Waals surface area (Å²) < 4.78 is 39.0. The van der Waals surface area contributed by atoms with Gasteiger partial charge in [-0.15, -0.1) is 0 Å². The zero-order chi connectivity index (χ0) is 19.4. The first-order chi connectivity index (χ1) is 12.9. The van der Waals surface area contributed by atoms with Crippen molar-refractivity contribution < 1.29 is 17.9 Å². The number of piperidine rings is 1. The maximum Gasteiger partial charge on any atom is 0.246 e. The summed E-state index contributed by atoms with van der Waals surface area (Å²) in [6.07, 6.45) is 2.34. The Morgan fingerprint density at radius 2 is 1.85 bits per heavy atom. The zero-order valence-electron chi connectivity index (χ0n) is 16.1. The lowest BCUT2D eigenvalue weighted by molar-refractivity contribution is 0.135. The summed E-state index contributed by atoms with van der Waals surface area (Å²) in [6, 6.07) is 13.3. The molecule has 27 heavy (non-hydrogen) atoms. The Hall–Kier alpha value is -2.05. The lowest BCUT2D eigenvalue weighted by Crippen LogP contribution is -2.41. The van der Waals surface area contributed by atoms with Crippen molar-refractivity contribution in [3.05, 3.63) is 53.6 Å². The fourth-order valence-electron chi connectivity index (χ4n) is 3.35. The van der Waals surface area contributed by atoms with Crippen LogP contribution in [0.3, 0.4) is 0 Å². The van der Waals surface area contributed by atoms with Crippen LogP contribution in [0.1, 0.15) is 30.9 Å². The Bertz CT molecular complexity index is 887. The molecule has 1 heterocycles. The second-order valence-corrected chi connectivity index (χ2v) is 8.78. The van der Waals surface area contributed by atoms with Gasteiger partial charge in [-0.05, 0) is 61.6 Å². The first-order valence-corrected chi connectivity index (χ1v) is 10.8. The second-order valence-electron chi connectivity index (χ2n) is 6.88. The van der Waals surface area contributed by atoms with Gasteiger partial charge in [-0.3, -0.25) is 0 Å². The molecular formula is C21H27NO4S.